The molecule has 8 nitrogen and oxygen atoms in total. The summed E-state index contributed by atoms with van der Waals surface area (Å²) in [5, 5.41) is 0. The minimum Gasteiger partial charge on any atom is -0.399 e. The van der Waals surface area contributed by atoms with Crippen LogP contribution in [0.2, 0.25) is 0 Å². The van der Waals surface area contributed by atoms with Crippen LogP contribution in [0.5, 0.6) is 0 Å². The molecule has 0 saturated carbocycles. The van der Waals surface area contributed by atoms with Crippen molar-refractivity contribution in [3.63, 3.8) is 0 Å². The van der Waals surface area contributed by atoms with Crippen molar-refractivity contribution >= 4 is 43.8 Å². The van der Waals surface area contributed by atoms with Crippen molar-refractivity contribution in [2.45, 2.75) is 9.79 Å². The van der Waals surface area contributed by atoms with Crippen molar-refractivity contribution in [1.82, 2.24) is 0 Å². The van der Waals surface area contributed by atoms with Crippen LogP contribution < -0.4 is 41.0 Å². The average Bonchev–Trinajstić information content (AvgIpc) is 2.45. The van der Waals surface area contributed by atoms with Crippen LogP contribution in [0.4, 0.5) is 11.4 Å². The smallest absolute Gasteiger partial charge is 0.399 e. The molecule has 0 atom stereocenters. The Bertz CT molecular complexity index is 950. The van der Waals surface area contributed by atoms with Crippen LogP contribution in [-0.4, -0.2) is 25.9 Å². The van der Waals surface area contributed by atoms with Gasteiger partial charge in [0.25, 0.3) is 20.2 Å². The zero-order valence-electron chi connectivity index (χ0n) is 13.1. The summed E-state index contributed by atoms with van der Waals surface area (Å²) in [5.74, 6) is 0. The second-order valence-corrected chi connectivity index (χ2v) is 7.66. The first-order chi connectivity index (χ1) is 11.0. The summed E-state index contributed by atoms with van der Waals surface area (Å²) in [6.07, 6.45) is 2.53. The number of rotatable bonds is 4. The van der Waals surface area contributed by atoms with E-state index in [0.29, 0.717) is 0 Å². The molecule has 0 spiro atoms. The molecule has 0 unspecified atom stereocenters. The second kappa shape index (κ2) is 7.87. The fraction of sp³-hybridized carbons (Fsp3) is 0. The molecule has 0 radical (unpaired) electrons. The summed E-state index contributed by atoms with van der Waals surface area (Å²) in [6, 6.07) is 7.67. The van der Waals surface area contributed by atoms with Gasteiger partial charge in [-0.15, -0.1) is 0 Å². The molecule has 2 aromatic rings. The first kappa shape index (κ1) is 21.6. The normalized spacial score (nSPS) is 12.1. The van der Waals surface area contributed by atoms with E-state index in [-0.39, 0.29) is 52.1 Å². The summed E-state index contributed by atoms with van der Waals surface area (Å²) in [6.45, 7) is 0. The molecule has 0 fully saturated rings. The maximum absolute atomic E-state index is 11.4. The van der Waals surface area contributed by atoms with Gasteiger partial charge in [0, 0.05) is 11.4 Å². The molecular formula is C14H14N2NaO6S2+. The molecule has 128 valence electrons. The van der Waals surface area contributed by atoms with Crippen LogP contribution in [-0.2, 0) is 20.2 Å². The molecule has 11 heteroatoms. The Hall–Kier alpha value is -1.40. The van der Waals surface area contributed by atoms with Gasteiger partial charge in [0.1, 0.15) is 9.79 Å². The Morgan fingerprint density at radius 2 is 1.04 bits per heavy atom. The molecule has 0 heterocycles. The first-order valence-corrected chi connectivity index (χ1v) is 9.28. The zero-order valence-corrected chi connectivity index (χ0v) is 16.8. The van der Waals surface area contributed by atoms with Gasteiger partial charge in [0.2, 0.25) is 0 Å². The number of anilines is 2. The molecule has 0 saturated heterocycles. The fourth-order valence-electron chi connectivity index (χ4n) is 2.00. The van der Waals surface area contributed by atoms with Crippen molar-refractivity contribution in [2.24, 2.45) is 0 Å². The molecule has 0 aliphatic carbocycles. The molecule has 2 aromatic carbocycles. The molecular weight excluding hydrogens is 379 g/mol. The number of hydrogen-bond donors (Lipinski definition) is 4. The van der Waals surface area contributed by atoms with Crippen LogP contribution >= 0.6 is 0 Å². The van der Waals surface area contributed by atoms with E-state index in [1.807, 2.05) is 0 Å². The van der Waals surface area contributed by atoms with Gasteiger partial charge in [-0.3, -0.25) is 9.11 Å². The second-order valence-electron chi connectivity index (χ2n) is 4.88. The maximum atomic E-state index is 11.4. The van der Waals surface area contributed by atoms with Crippen LogP contribution in [0, 0.1) is 0 Å². The van der Waals surface area contributed by atoms with Gasteiger partial charge in [-0.05, 0) is 35.4 Å². The zero-order chi connectivity index (χ0) is 18.1. The predicted molar refractivity (Wildman–Crippen MR) is 90.3 cm³/mol. The molecule has 0 aliphatic heterocycles. The van der Waals surface area contributed by atoms with Crippen LogP contribution in [0.25, 0.3) is 12.2 Å². The fourth-order valence-corrected chi connectivity index (χ4v) is 3.44. The quantitative estimate of drug-likeness (QED) is 0.212. The Morgan fingerprint density at radius 1 is 0.720 bits per heavy atom. The molecule has 0 amide bonds. The molecule has 6 N–H and O–H groups in total. The van der Waals surface area contributed by atoms with Gasteiger partial charge in [-0.25, -0.2) is 0 Å². The van der Waals surface area contributed by atoms with Gasteiger partial charge >= 0.3 is 29.6 Å². The summed E-state index contributed by atoms with van der Waals surface area (Å²) in [4.78, 5) is -0.856. The van der Waals surface area contributed by atoms with Gasteiger partial charge in [0.05, 0.1) is 0 Å². The Balaban J connectivity index is 0.00000312. The van der Waals surface area contributed by atoms with Crippen LogP contribution in [0.3, 0.4) is 0 Å². The summed E-state index contributed by atoms with van der Waals surface area (Å²) < 4.78 is 64.1. The molecule has 0 aromatic heterocycles. The van der Waals surface area contributed by atoms with E-state index in [1.54, 1.807) is 0 Å². The SMILES string of the molecule is Nc1ccc(/C=C\c2ccc(N)cc2S(=O)(=O)O)c(S(=O)(=O)O)c1.[Na+]. The number of hydrogen-bond acceptors (Lipinski definition) is 6. The monoisotopic (exact) mass is 393 g/mol. The molecule has 2 rings (SSSR count). The first-order valence-electron chi connectivity index (χ1n) is 6.40. The Kier molecular flexibility index (Phi) is 6.81. The maximum Gasteiger partial charge on any atom is 1.00 e. The van der Waals surface area contributed by atoms with E-state index in [4.69, 9.17) is 11.5 Å². The van der Waals surface area contributed by atoms with E-state index in [2.05, 4.69) is 0 Å². The summed E-state index contributed by atoms with van der Waals surface area (Å²) in [5.41, 5.74) is 11.4. The van der Waals surface area contributed by atoms with Gasteiger partial charge < -0.3 is 11.5 Å². The third kappa shape index (κ3) is 5.54. The van der Waals surface area contributed by atoms with Gasteiger partial charge in [-0.1, -0.05) is 24.3 Å². The van der Waals surface area contributed by atoms with Crippen molar-refractivity contribution in [2.75, 3.05) is 11.5 Å². The largest absolute Gasteiger partial charge is 1.00 e. The van der Waals surface area contributed by atoms with Crippen molar-refractivity contribution in [3.05, 3.63) is 47.5 Å². The summed E-state index contributed by atoms with van der Waals surface area (Å²) in [7, 11) is -9.05. The minimum absolute atomic E-state index is 0. The van der Waals surface area contributed by atoms with E-state index < -0.39 is 30.0 Å². The predicted octanol–water partition coefficient (Wildman–Crippen LogP) is -1.48. The van der Waals surface area contributed by atoms with Crippen molar-refractivity contribution < 1.29 is 55.5 Å². The van der Waals surface area contributed by atoms with E-state index in [9.17, 15) is 25.9 Å². The number of nitrogen functional groups attached to an aromatic ring is 2. The molecule has 25 heavy (non-hydrogen) atoms. The third-order valence-corrected chi connectivity index (χ3v) is 4.89. The van der Waals surface area contributed by atoms with E-state index in [1.165, 1.54) is 36.4 Å². The average molecular weight is 393 g/mol. The number of benzene rings is 2. The van der Waals surface area contributed by atoms with E-state index in [0.717, 1.165) is 12.1 Å². The Labute approximate surface area is 167 Å². The van der Waals surface area contributed by atoms with Crippen LogP contribution in [0.15, 0.2) is 46.2 Å². The van der Waals surface area contributed by atoms with Crippen molar-refractivity contribution in [1.29, 1.82) is 0 Å². The third-order valence-electron chi connectivity index (χ3n) is 3.07. The number of nitrogens with two attached hydrogens (primary N) is 2. The molecule has 0 aliphatic rings. The van der Waals surface area contributed by atoms with E-state index >= 15 is 0 Å². The Morgan fingerprint density at radius 3 is 1.32 bits per heavy atom. The topological polar surface area (TPSA) is 161 Å². The van der Waals surface area contributed by atoms with Crippen LogP contribution in [0.1, 0.15) is 11.1 Å². The standard InChI is InChI=1S/C14H14N2O6S2.Na/c15-11-5-3-9(13(7-11)23(17,18)19)1-2-10-4-6-12(16)8-14(10)24(20,21)22;/h1-8H,15-16H2,(H,17,18,19)(H,20,21,22);/q;+1/b2-1-;. The van der Waals surface area contributed by atoms with Gasteiger partial charge in [0.15, 0.2) is 0 Å². The minimum atomic E-state index is -4.52. The van der Waals surface area contributed by atoms with Crippen molar-refractivity contribution in [3.8, 4) is 0 Å². The summed E-state index contributed by atoms with van der Waals surface area (Å²) >= 11 is 0. The van der Waals surface area contributed by atoms with Gasteiger partial charge in [-0.2, -0.15) is 16.8 Å². The molecule has 0 bridgehead atoms.